The van der Waals surface area contributed by atoms with E-state index >= 15 is 0 Å². The van der Waals surface area contributed by atoms with E-state index in [0.29, 0.717) is 0 Å². The van der Waals surface area contributed by atoms with Crippen molar-refractivity contribution in [2.75, 3.05) is 6.61 Å². The van der Waals surface area contributed by atoms with Crippen LogP contribution in [0, 0.1) is 5.92 Å². The van der Waals surface area contributed by atoms with Crippen LogP contribution in [0.3, 0.4) is 0 Å². The first-order valence-electron chi connectivity index (χ1n) is 18.3. The smallest absolute Gasteiger partial charge is 0.726 e. The first kappa shape index (κ1) is 44.7. The van der Waals surface area contributed by atoms with Crippen LogP contribution >= 0.6 is 0 Å². The van der Waals surface area contributed by atoms with Crippen molar-refractivity contribution in [3.63, 3.8) is 0 Å². The number of hydrogen-bond donors (Lipinski definition) is 0. The first-order chi connectivity index (χ1) is 20.0. The minimum atomic E-state index is -4.62. The van der Waals surface area contributed by atoms with Crippen LogP contribution in [0.4, 0.5) is 0 Å². The van der Waals surface area contributed by atoms with Crippen LogP contribution in [0.2, 0.25) is 0 Å². The fourth-order valence-electron chi connectivity index (χ4n) is 5.75. The monoisotopic (exact) mass is 622 g/mol. The molecule has 0 heterocycles. The van der Waals surface area contributed by atoms with Gasteiger partial charge in [-0.3, -0.25) is 4.18 Å². The molecule has 0 radical (unpaired) electrons. The van der Waals surface area contributed by atoms with Gasteiger partial charge in [-0.1, -0.05) is 199 Å². The second-order valence-electron chi connectivity index (χ2n) is 12.7. The zero-order valence-electron chi connectivity index (χ0n) is 28.7. The average molecular weight is 623 g/mol. The molecule has 0 aliphatic heterocycles. The molecule has 0 aliphatic rings. The van der Waals surface area contributed by atoms with Gasteiger partial charge in [0.2, 0.25) is 10.4 Å². The molecule has 0 aromatic rings. The third kappa shape index (κ3) is 38.6. The van der Waals surface area contributed by atoms with Gasteiger partial charge in [-0.15, -0.1) is 0 Å². The Morgan fingerprint density at radius 1 is 0.524 bits per heavy atom. The topological polar surface area (TPSA) is 66.4 Å². The summed E-state index contributed by atoms with van der Waals surface area (Å²) >= 11 is 0. The number of allylic oxidation sites excluding steroid dienone is 1. The summed E-state index contributed by atoms with van der Waals surface area (Å²) in [6, 6.07) is 0. The Bertz CT molecular complexity index is 638. The van der Waals surface area contributed by atoms with Crippen molar-refractivity contribution in [2.45, 2.75) is 206 Å². The van der Waals surface area contributed by atoms with Crippen LogP contribution in [0.1, 0.15) is 206 Å². The summed E-state index contributed by atoms with van der Waals surface area (Å²) in [4.78, 5) is 0. The van der Waals surface area contributed by atoms with E-state index in [4.69, 9.17) is 0 Å². The van der Waals surface area contributed by atoms with Crippen LogP contribution in [-0.2, 0) is 14.6 Å². The van der Waals surface area contributed by atoms with Crippen molar-refractivity contribution in [1.82, 2.24) is 0 Å². The normalized spacial score (nSPS) is 12.6. The summed E-state index contributed by atoms with van der Waals surface area (Å²) < 4.78 is 37.5. The zero-order chi connectivity index (χ0) is 30.1. The van der Waals surface area contributed by atoms with Gasteiger partial charge >= 0.3 is 29.6 Å². The third-order valence-corrected chi connectivity index (χ3v) is 8.91. The second-order valence-corrected chi connectivity index (χ2v) is 13.7. The predicted octanol–water partition coefficient (Wildman–Crippen LogP) is 9.38. The van der Waals surface area contributed by atoms with E-state index in [2.05, 4.69) is 30.2 Å². The van der Waals surface area contributed by atoms with Crippen molar-refractivity contribution in [3.05, 3.63) is 12.2 Å². The Morgan fingerprint density at radius 2 is 0.833 bits per heavy atom. The number of unbranched alkanes of at least 4 members (excludes halogenated alkanes) is 27. The molecule has 0 rings (SSSR count). The third-order valence-electron chi connectivity index (χ3n) is 8.49. The van der Waals surface area contributed by atoms with Crippen LogP contribution in [-0.4, -0.2) is 19.6 Å². The first-order valence-corrected chi connectivity index (χ1v) is 19.6. The quantitative estimate of drug-likeness (QED) is 0.0236. The molecule has 1 atom stereocenters. The van der Waals surface area contributed by atoms with Crippen molar-refractivity contribution >= 4 is 10.4 Å². The second kappa shape index (κ2) is 36.1. The maximum Gasteiger partial charge on any atom is 1.00 e. The molecule has 0 saturated heterocycles. The average Bonchev–Trinajstić information content (AvgIpc) is 2.94. The van der Waals surface area contributed by atoms with Gasteiger partial charge in [0.25, 0.3) is 0 Å². The van der Waals surface area contributed by atoms with Crippen LogP contribution in [0.15, 0.2) is 12.2 Å². The van der Waals surface area contributed by atoms with Crippen molar-refractivity contribution in [2.24, 2.45) is 5.92 Å². The van der Waals surface area contributed by atoms with Gasteiger partial charge in [0.05, 0.1) is 6.61 Å². The molecule has 0 spiro atoms. The summed E-state index contributed by atoms with van der Waals surface area (Å²) in [5.74, 6) is 0.0166. The minimum Gasteiger partial charge on any atom is -0.726 e. The fourth-order valence-corrected chi connectivity index (χ4v) is 6.09. The van der Waals surface area contributed by atoms with E-state index < -0.39 is 10.4 Å². The van der Waals surface area contributed by atoms with Crippen LogP contribution in [0.5, 0.6) is 0 Å². The minimum absolute atomic E-state index is 0. The summed E-state index contributed by atoms with van der Waals surface area (Å²) in [6.07, 6.45) is 43.9. The fraction of sp³-hybridized carbons (Fsp3) is 0.944. The molecule has 246 valence electrons. The van der Waals surface area contributed by atoms with E-state index in [-0.39, 0.29) is 42.1 Å². The Morgan fingerprint density at radius 3 is 1.17 bits per heavy atom. The van der Waals surface area contributed by atoms with Gasteiger partial charge < -0.3 is 4.55 Å². The molecule has 0 N–H and O–H groups in total. The molecular formula is C36H71NaO4S. The van der Waals surface area contributed by atoms with Crippen molar-refractivity contribution in [1.29, 1.82) is 0 Å². The molecule has 0 amide bonds. The standard InChI is InChI=1S/C36H72O4S.Na/c1-3-5-7-9-11-13-15-17-18-19-20-21-22-24-26-28-30-32-34-36(35-40-41(37,38)39)33-31-29-27-25-23-16-14-12-10-8-6-4-2;/h32,34,36H,3-31,33,35H2,1-2H3,(H,37,38,39);/q;+1/p-1/b34-32+;. The Hall–Kier alpha value is 0.610. The van der Waals surface area contributed by atoms with Crippen LogP contribution in [0.25, 0.3) is 0 Å². The van der Waals surface area contributed by atoms with Gasteiger partial charge in [-0.05, 0) is 19.3 Å². The van der Waals surface area contributed by atoms with Gasteiger partial charge in [0, 0.05) is 5.92 Å². The SMILES string of the molecule is CCCCCCCCCCCCCCCCCC/C=C/C(CCCCCCCCCCCCCC)COS(=O)(=O)[O-].[Na+]. The molecule has 6 heteroatoms. The molecule has 42 heavy (non-hydrogen) atoms. The van der Waals surface area contributed by atoms with Crippen molar-refractivity contribution < 1.29 is 46.7 Å². The maximum absolute atomic E-state index is 11.0. The van der Waals surface area contributed by atoms with E-state index in [9.17, 15) is 13.0 Å². The molecule has 0 aromatic heterocycles. The van der Waals surface area contributed by atoms with E-state index in [1.54, 1.807) is 0 Å². The molecule has 0 saturated carbocycles. The maximum atomic E-state index is 11.0. The Balaban J connectivity index is 0. The van der Waals surface area contributed by atoms with Crippen molar-refractivity contribution in [3.8, 4) is 0 Å². The van der Waals surface area contributed by atoms with Gasteiger partial charge in [-0.25, -0.2) is 8.42 Å². The van der Waals surface area contributed by atoms with Gasteiger partial charge in [0.1, 0.15) is 0 Å². The molecule has 1 unspecified atom stereocenters. The van der Waals surface area contributed by atoms with Gasteiger partial charge in [0.15, 0.2) is 0 Å². The predicted molar refractivity (Wildman–Crippen MR) is 178 cm³/mol. The summed E-state index contributed by atoms with van der Waals surface area (Å²) in [7, 11) is -4.62. The summed E-state index contributed by atoms with van der Waals surface area (Å²) in [5, 5.41) is 0. The molecule has 0 aromatic carbocycles. The Labute approximate surface area is 286 Å². The molecule has 0 bridgehead atoms. The van der Waals surface area contributed by atoms with Crippen LogP contribution < -0.4 is 29.6 Å². The van der Waals surface area contributed by atoms with E-state index in [1.165, 1.54) is 173 Å². The van der Waals surface area contributed by atoms with E-state index in [1.807, 2.05) is 0 Å². The summed E-state index contributed by atoms with van der Waals surface area (Å²) in [5.41, 5.74) is 0. The molecule has 0 fully saturated rings. The Kier molecular flexibility index (Phi) is 38.4. The zero-order valence-corrected chi connectivity index (χ0v) is 31.5. The largest absolute Gasteiger partial charge is 1.00 e. The van der Waals surface area contributed by atoms with E-state index in [0.717, 1.165) is 19.3 Å². The number of hydrogen-bond acceptors (Lipinski definition) is 4. The summed E-state index contributed by atoms with van der Waals surface area (Å²) in [6.45, 7) is 4.53. The molecule has 0 aliphatic carbocycles. The number of rotatable bonds is 34. The molecular weight excluding hydrogens is 551 g/mol. The molecule has 4 nitrogen and oxygen atoms in total. The van der Waals surface area contributed by atoms with Gasteiger partial charge in [-0.2, -0.15) is 0 Å².